The Morgan fingerprint density at radius 3 is 2.65 bits per heavy atom. The average molecular weight is 549 g/mol. The van der Waals surface area contributed by atoms with E-state index in [0.29, 0.717) is 56.1 Å². The number of nitrogens with one attached hydrogen (secondary N) is 1. The van der Waals surface area contributed by atoms with Gasteiger partial charge in [-0.15, -0.1) is 0 Å². The van der Waals surface area contributed by atoms with E-state index in [1.165, 1.54) is 0 Å². The maximum absolute atomic E-state index is 16.5. The lowest BCUT2D eigenvalue weighted by Gasteiger charge is -2.41. The van der Waals surface area contributed by atoms with Gasteiger partial charge in [0.2, 0.25) is 5.91 Å². The van der Waals surface area contributed by atoms with Gasteiger partial charge in [0.15, 0.2) is 17.3 Å². The van der Waals surface area contributed by atoms with Gasteiger partial charge in [0.05, 0.1) is 37.2 Å². The summed E-state index contributed by atoms with van der Waals surface area (Å²) in [5.41, 5.74) is 6.37. The Hall–Kier alpha value is -3.57. The first-order chi connectivity index (χ1) is 19.2. The number of piperazine rings is 1. The molecule has 1 unspecified atom stereocenters. The standard InChI is InChI=1S/C29H37FN8O2/c1-17(2)24-25-22(34-27(24)21-14-38-28(32-16-33-38)20(5)19(21)4)12-31-29(26(25)30)37-7-6-36(13-18(37)3)23(39)15-35-8-10-40-11-9-35/h12,14,16-18,34H,6-11,13,15H2,1-5H3. The molecular weight excluding hydrogens is 511 g/mol. The zero-order chi connectivity index (χ0) is 28.1. The molecule has 0 spiro atoms. The molecule has 1 atom stereocenters. The molecule has 1 N–H and O–H groups in total. The molecule has 2 aliphatic heterocycles. The number of anilines is 1. The Labute approximate surface area is 233 Å². The molecule has 2 saturated heterocycles. The van der Waals surface area contributed by atoms with Crippen LogP contribution >= 0.6 is 0 Å². The van der Waals surface area contributed by atoms with Crippen LogP contribution in [0.15, 0.2) is 18.7 Å². The summed E-state index contributed by atoms with van der Waals surface area (Å²) in [6, 6.07) is -0.0673. The number of hydrogen-bond acceptors (Lipinski definition) is 7. The summed E-state index contributed by atoms with van der Waals surface area (Å²) in [5, 5.41) is 4.92. The van der Waals surface area contributed by atoms with Gasteiger partial charge in [0, 0.05) is 55.9 Å². The lowest BCUT2D eigenvalue weighted by molar-refractivity contribution is -0.134. The van der Waals surface area contributed by atoms with Crippen LogP contribution in [0.2, 0.25) is 0 Å². The summed E-state index contributed by atoms with van der Waals surface area (Å²) in [4.78, 5) is 31.5. The van der Waals surface area contributed by atoms with Crippen LogP contribution in [0.3, 0.4) is 0 Å². The molecule has 0 saturated carbocycles. The number of morpholine rings is 1. The molecule has 212 valence electrons. The van der Waals surface area contributed by atoms with Crippen molar-refractivity contribution in [2.45, 2.75) is 46.6 Å². The lowest BCUT2D eigenvalue weighted by Crippen LogP contribution is -2.56. The number of carbonyl (C=O) groups excluding carboxylic acids is 1. The maximum Gasteiger partial charge on any atom is 0.236 e. The van der Waals surface area contributed by atoms with Gasteiger partial charge >= 0.3 is 0 Å². The van der Waals surface area contributed by atoms with Crippen molar-refractivity contribution in [3.8, 4) is 11.3 Å². The molecular formula is C29H37FN8O2. The van der Waals surface area contributed by atoms with Gasteiger partial charge < -0.3 is 19.5 Å². The third kappa shape index (κ3) is 4.50. The van der Waals surface area contributed by atoms with E-state index in [4.69, 9.17) is 4.74 Å². The third-order valence-corrected chi connectivity index (χ3v) is 8.49. The van der Waals surface area contributed by atoms with Gasteiger partial charge in [0.1, 0.15) is 6.33 Å². The normalized spacial score (nSPS) is 18.9. The van der Waals surface area contributed by atoms with Crippen LogP contribution in [0.25, 0.3) is 27.8 Å². The number of rotatable bonds is 5. The van der Waals surface area contributed by atoms with E-state index in [0.717, 1.165) is 46.7 Å². The van der Waals surface area contributed by atoms with Gasteiger partial charge in [-0.25, -0.2) is 18.9 Å². The summed E-state index contributed by atoms with van der Waals surface area (Å²) < 4.78 is 23.6. The van der Waals surface area contributed by atoms with Crippen molar-refractivity contribution in [2.24, 2.45) is 0 Å². The fourth-order valence-corrected chi connectivity index (χ4v) is 6.16. The van der Waals surface area contributed by atoms with Crippen LogP contribution in [-0.4, -0.2) is 98.8 Å². The molecule has 2 fully saturated rings. The largest absolute Gasteiger partial charge is 0.379 e. The second-order valence-corrected chi connectivity index (χ2v) is 11.3. The van der Waals surface area contributed by atoms with E-state index in [2.05, 4.69) is 45.7 Å². The number of ether oxygens (including phenoxy) is 1. The second kappa shape index (κ2) is 10.4. The van der Waals surface area contributed by atoms with Gasteiger partial charge in [-0.2, -0.15) is 5.10 Å². The minimum Gasteiger partial charge on any atom is -0.379 e. The molecule has 0 aliphatic carbocycles. The Morgan fingerprint density at radius 2 is 1.93 bits per heavy atom. The number of aryl methyl sites for hydroxylation is 1. The van der Waals surface area contributed by atoms with Crippen molar-refractivity contribution in [1.82, 2.24) is 34.4 Å². The van der Waals surface area contributed by atoms with Crippen LogP contribution in [-0.2, 0) is 9.53 Å². The molecule has 10 nitrogen and oxygen atoms in total. The summed E-state index contributed by atoms with van der Waals surface area (Å²) in [7, 11) is 0. The number of nitrogens with zero attached hydrogens (tertiary/aromatic N) is 7. The Kier molecular flexibility index (Phi) is 6.95. The molecule has 0 radical (unpaired) electrons. The maximum atomic E-state index is 16.5. The number of aromatic nitrogens is 5. The lowest BCUT2D eigenvalue weighted by atomic mass is 9.94. The Balaban J connectivity index is 1.32. The number of halogens is 1. The van der Waals surface area contributed by atoms with Crippen LogP contribution in [0.1, 0.15) is 43.4 Å². The van der Waals surface area contributed by atoms with Crippen molar-refractivity contribution in [2.75, 3.05) is 57.4 Å². The van der Waals surface area contributed by atoms with E-state index in [9.17, 15) is 4.79 Å². The fraction of sp³-hybridized carbons (Fsp3) is 0.517. The highest BCUT2D eigenvalue weighted by atomic mass is 19.1. The number of fused-ring (bicyclic) bond motifs is 2. The minimum absolute atomic E-state index is 0.0618. The predicted molar refractivity (Wildman–Crippen MR) is 152 cm³/mol. The number of hydrogen-bond donors (Lipinski definition) is 1. The van der Waals surface area contributed by atoms with E-state index in [-0.39, 0.29) is 23.7 Å². The van der Waals surface area contributed by atoms with Gasteiger partial charge in [-0.05, 0) is 43.4 Å². The Bertz CT molecular complexity index is 1570. The monoisotopic (exact) mass is 548 g/mol. The zero-order valence-electron chi connectivity index (χ0n) is 23.9. The van der Waals surface area contributed by atoms with Crippen molar-refractivity contribution < 1.29 is 13.9 Å². The van der Waals surface area contributed by atoms with E-state index in [1.807, 2.05) is 29.8 Å². The summed E-state index contributed by atoms with van der Waals surface area (Å²) >= 11 is 0. The summed E-state index contributed by atoms with van der Waals surface area (Å²) in [6.45, 7) is 15.2. The quantitative estimate of drug-likeness (QED) is 0.408. The molecule has 6 rings (SSSR count). The smallest absolute Gasteiger partial charge is 0.236 e. The van der Waals surface area contributed by atoms with E-state index in [1.54, 1.807) is 17.0 Å². The van der Waals surface area contributed by atoms with Crippen molar-refractivity contribution in [1.29, 1.82) is 0 Å². The molecule has 4 aromatic rings. The van der Waals surface area contributed by atoms with Crippen molar-refractivity contribution >= 4 is 28.3 Å². The first kappa shape index (κ1) is 26.6. The summed E-state index contributed by atoms with van der Waals surface area (Å²) in [6.07, 6.45) is 5.25. The van der Waals surface area contributed by atoms with Crippen LogP contribution < -0.4 is 4.90 Å². The van der Waals surface area contributed by atoms with Crippen molar-refractivity contribution in [3.63, 3.8) is 0 Å². The van der Waals surface area contributed by atoms with Gasteiger partial charge in [-0.3, -0.25) is 9.69 Å². The fourth-order valence-electron chi connectivity index (χ4n) is 6.16. The zero-order valence-corrected chi connectivity index (χ0v) is 23.9. The van der Waals surface area contributed by atoms with E-state index < -0.39 is 0 Å². The molecule has 1 amide bonds. The highest BCUT2D eigenvalue weighted by molar-refractivity contribution is 5.94. The third-order valence-electron chi connectivity index (χ3n) is 8.49. The first-order valence-corrected chi connectivity index (χ1v) is 14.1. The number of carbonyl (C=O) groups is 1. The highest BCUT2D eigenvalue weighted by Gasteiger charge is 2.32. The van der Waals surface area contributed by atoms with Crippen molar-refractivity contribution in [3.05, 3.63) is 41.2 Å². The topological polar surface area (TPSA) is 94.9 Å². The SMILES string of the molecule is Cc1c(-c2[nH]c3cnc(N4CCN(C(=O)CN5CCOCC5)CC4C)c(F)c3c2C(C)C)cn2ncnc2c1C. The molecule has 0 bridgehead atoms. The first-order valence-electron chi connectivity index (χ1n) is 14.1. The molecule has 4 aromatic heterocycles. The highest BCUT2D eigenvalue weighted by Crippen LogP contribution is 2.40. The average Bonchev–Trinajstić information content (AvgIpc) is 3.57. The number of aromatic amines is 1. The molecule has 11 heteroatoms. The van der Waals surface area contributed by atoms with E-state index >= 15 is 4.39 Å². The summed E-state index contributed by atoms with van der Waals surface area (Å²) in [5.74, 6) is 0.198. The molecule has 2 aliphatic rings. The van der Waals surface area contributed by atoms with Crippen LogP contribution in [0.5, 0.6) is 0 Å². The molecule has 6 heterocycles. The van der Waals surface area contributed by atoms with Gasteiger partial charge in [-0.1, -0.05) is 13.8 Å². The number of amides is 1. The molecule has 0 aromatic carbocycles. The van der Waals surface area contributed by atoms with Crippen LogP contribution in [0, 0.1) is 19.7 Å². The predicted octanol–water partition coefficient (Wildman–Crippen LogP) is 3.52. The minimum atomic E-state index is -0.320. The number of pyridine rings is 2. The molecule has 40 heavy (non-hydrogen) atoms. The van der Waals surface area contributed by atoms with Gasteiger partial charge in [0.25, 0.3) is 0 Å². The van der Waals surface area contributed by atoms with Crippen LogP contribution in [0.4, 0.5) is 10.2 Å². The Morgan fingerprint density at radius 1 is 1.15 bits per heavy atom. The number of H-pyrrole nitrogens is 1. The second-order valence-electron chi connectivity index (χ2n) is 11.3.